The molecule has 3 aromatic rings. The maximum Gasteiger partial charge on any atom is 0.282 e. The van der Waals surface area contributed by atoms with Crippen molar-refractivity contribution in [2.24, 2.45) is 0 Å². The van der Waals surface area contributed by atoms with Gasteiger partial charge in [-0.1, -0.05) is 56.3 Å². The van der Waals surface area contributed by atoms with Gasteiger partial charge in [-0.25, -0.2) is 4.90 Å². The molecule has 2 aliphatic rings. The maximum atomic E-state index is 13.5. The molecular formula is C27H24N2O4. The number of rotatable bonds is 5. The van der Waals surface area contributed by atoms with E-state index < -0.39 is 5.91 Å². The number of anilines is 2. The van der Waals surface area contributed by atoms with Crippen molar-refractivity contribution in [3.05, 3.63) is 89.6 Å². The first-order valence-corrected chi connectivity index (χ1v) is 11.0. The zero-order valence-corrected chi connectivity index (χ0v) is 18.5. The molecule has 33 heavy (non-hydrogen) atoms. The van der Waals surface area contributed by atoms with Gasteiger partial charge in [0.1, 0.15) is 18.9 Å². The molecule has 6 heteroatoms. The van der Waals surface area contributed by atoms with Crippen molar-refractivity contribution in [3.8, 4) is 11.5 Å². The normalized spacial score (nSPS) is 15.4. The quantitative estimate of drug-likeness (QED) is 0.567. The van der Waals surface area contributed by atoms with E-state index in [1.54, 1.807) is 18.2 Å². The van der Waals surface area contributed by atoms with Crippen LogP contribution in [0.3, 0.4) is 0 Å². The van der Waals surface area contributed by atoms with Gasteiger partial charge in [-0.2, -0.15) is 0 Å². The third kappa shape index (κ3) is 3.84. The van der Waals surface area contributed by atoms with Gasteiger partial charge >= 0.3 is 0 Å². The van der Waals surface area contributed by atoms with Crippen molar-refractivity contribution >= 4 is 28.8 Å². The molecule has 166 valence electrons. The molecule has 0 fully saturated rings. The Bertz CT molecular complexity index is 1250. The largest absolute Gasteiger partial charge is 0.486 e. The van der Waals surface area contributed by atoms with Crippen molar-refractivity contribution in [1.82, 2.24) is 0 Å². The van der Waals surface area contributed by atoms with Crippen LogP contribution < -0.4 is 19.7 Å². The summed E-state index contributed by atoms with van der Waals surface area (Å²) in [6.45, 7) is 5.17. The Morgan fingerprint density at radius 3 is 2.21 bits per heavy atom. The Hall–Kier alpha value is -4.06. The Balaban J connectivity index is 1.54. The lowest BCUT2D eigenvalue weighted by molar-refractivity contribution is -0.120. The van der Waals surface area contributed by atoms with E-state index in [9.17, 15) is 9.59 Å². The third-order valence-corrected chi connectivity index (χ3v) is 5.78. The fourth-order valence-corrected chi connectivity index (χ4v) is 4.03. The van der Waals surface area contributed by atoms with E-state index in [-0.39, 0.29) is 11.6 Å². The molecular weight excluding hydrogens is 416 g/mol. The molecule has 0 unspecified atom stereocenters. The minimum atomic E-state index is -0.397. The van der Waals surface area contributed by atoms with Gasteiger partial charge in [-0.15, -0.1) is 0 Å². The van der Waals surface area contributed by atoms with Gasteiger partial charge in [-0.05, 0) is 41.3 Å². The Kier molecular flexibility index (Phi) is 5.34. The SMILES string of the molecule is CC(C)c1ccc(N2C(=O)C(Nc3ccc4c(c3)OCCO4)=C(c3ccccc3)C2=O)cc1. The van der Waals surface area contributed by atoms with Crippen LogP contribution in [0.2, 0.25) is 0 Å². The number of hydrogen-bond acceptors (Lipinski definition) is 5. The van der Waals surface area contributed by atoms with Crippen LogP contribution in [-0.4, -0.2) is 25.0 Å². The highest BCUT2D eigenvalue weighted by atomic mass is 16.6. The lowest BCUT2D eigenvalue weighted by Crippen LogP contribution is -2.32. The molecule has 2 heterocycles. The minimum absolute atomic E-state index is 0.232. The van der Waals surface area contributed by atoms with Crippen LogP contribution in [0.25, 0.3) is 5.57 Å². The summed E-state index contributed by atoms with van der Waals surface area (Å²) >= 11 is 0. The number of hydrogen-bond donors (Lipinski definition) is 1. The number of nitrogens with zero attached hydrogens (tertiary/aromatic N) is 1. The average Bonchev–Trinajstić information content (AvgIpc) is 3.08. The van der Waals surface area contributed by atoms with Gasteiger partial charge in [0.2, 0.25) is 0 Å². The molecule has 0 saturated carbocycles. The first kappa shape index (κ1) is 20.8. The van der Waals surface area contributed by atoms with Gasteiger partial charge in [0.15, 0.2) is 11.5 Å². The van der Waals surface area contributed by atoms with Crippen LogP contribution in [0.5, 0.6) is 11.5 Å². The summed E-state index contributed by atoms with van der Waals surface area (Å²) in [5, 5.41) is 3.18. The van der Waals surface area contributed by atoms with Crippen molar-refractivity contribution in [1.29, 1.82) is 0 Å². The molecule has 0 atom stereocenters. The fraction of sp³-hybridized carbons (Fsp3) is 0.185. The summed E-state index contributed by atoms with van der Waals surface area (Å²) in [7, 11) is 0. The van der Waals surface area contributed by atoms with Crippen LogP contribution in [0, 0.1) is 0 Å². The molecule has 2 amide bonds. The number of carbonyl (C=O) groups excluding carboxylic acids is 2. The van der Waals surface area contributed by atoms with Gasteiger partial charge in [0.25, 0.3) is 11.8 Å². The molecule has 1 N–H and O–H groups in total. The maximum absolute atomic E-state index is 13.5. The van der Waals surface area contributed by atoms with E-state index in [1.165, 1.54) is 4.90 Å². The van der Waals surface area contributed by atoms with Crippen molar-refractivity contribution < 1.29 is 19.1 Å². The average molecular weight is 440 g/mol. The molecule has 0 radical (unpaired) electrons. The van der Waals surface area contributed by atoms with Crippen molar-refractivity contribution in [2.45, 2.75) is 19.8 Å². The molecule has 0 aliphatic carbocycles. The number of fused-ring (bicyclic) bond motifs is 1. The van der Waals surface area contributed by atoms with E-state index in [0.717, 1.165) is 5.56 Å². The van der Waals surface area contributed by atoms with Crippen molar-refractivity contribution in [2.75, 3.05) is 23.4 Å². The first-order chi connectivity index (χ1) is 16.0. The number of nitrogens with one attached hydrogen (secondary N) is 1. The Morgan fingerprint density at radius 2 is 1.52 bits per heavy atom. The number of imide groups is 1. The van der Waals surface area contributed by atoms with Gasteiger partial charge in [0, 0.05) is 11.8 Å². The first-order valence-electron chi connectivity index (χ1n) is 11.0. The Morgan fingerprint density at radius 1 is 0.818 bits per heavy atom. The lowest BCUT2D eigenvalue weighted by Gasteiger charge is -2.19. The highest BCUT2D eigenvalue weighted by Crippen LogP contribution is 2.37. The molecule has 0 bridgehead atoms. The summed E-state index contributed by atoms with van der Waals surface area (Å²) in [6.07, 6.45) is 0. The number of ether oxygens (including phenoxy) is 2. The molecule has 3 aromatic carbocycles. The van der Waals surface area contributed by atoms with E-state index in [1.807, 2.05) is 54.6 Å². The van der Waals surface area contributed by atoms with Crippen LogP contribution in [-0.2, 0) is 9.59 Å². The third-order valence-electron chi connectivity index (χ3n) is 5.78. The zero-order chi connectivity index (χ0) is 22.9. The topological polar surface area (TPSA) is 67.9 Å². The standard InChI is InChI=1S/C27H24N2O4/c1-17(2)18-8-11-21(12-9-18)29-26(30)24(19-6-4-3-5-7-19)25(27(29)31)28-20-10-13-22-23(16-20)33-15-14-32-22/h3-13,16-17,28H,14-15H2,1-2H3. The minimum Gasteiger partial charge on any atom is -0.486 e. The summed E-state index contributed by atoms with van der Waals surface area (Å²) in [5.41, 5.74) is 3.57. The second-order valence-corrected chi connectivity index (χ2v) is 8.29. The molecule has 6 nitrogen and oxygen atoms in total. The summed E-state index contributed by atoms with van der Waals surface area (Å²) < 4.78 is 11.2. The van der Waals surface area contributed by atoms with E-state index >= 15 is 0 Å². The number of carbonyl (C=O) groups is 2. The lowest BCUT2D eigenvalue weighted by atomic mass is 10.0. The van der Waals surface area contributed by atoms with Crippen LogP contribution in [0.4, 0.5) is 11.4 Å². The molecule has 2 aliphatic heterocycles. The predicted molar refractivity (Wildman–Crippen MR) is 127 cm³/mol. The monoisotopic (exact) mass is 440 g/mol. The smallest absolute Gasteiger partial charge is 0.282 e. The summed E-state index contributed by atoms with van der Waals surface area (Å²) in [6, 6.07) is 22.2. The van der Waals surface area contributed by atoms with Crippen LogP contribution >= 0.6 is 0 Å². The Labute approximate surface area is 192 Å². The zero-order valence-electron chi connectivity index (χ0n) is 18.5. The highest BCUT2D eigenvalue weighted by molar-refractivity contribution is 6.46. The van der Waals surface area contributed by atoms with Crippen LogP contribution in [0.1, 0.15) is 30.9 Å². The fourth-order valence-electron chi connectivity index (χ4n) is 4.03. The van der Waals surface area contributed by atoms with E-state index in [2.05, 4.69) is 19.2 Å². The van der Waals surface area contributed by atoms with E-state index in [4.69, 9.17) is 9.47 Å². The second kappa shape index (κ2) is 8.47. The van der Waals surface area contributed by atoms with Crippen LogP contribution in [0.15, 0.2) is 78.5 Å². The predicted octanol–water partition coefficient (Wildman–Crippen LogP) is 4.98. The summed E-state index contributed by atoms with van der Waals surface area (Å²) in [5.74, 6) is 0.861. The molecule has 0 aromatic heterocycles. The number of benzene rings is 3. The molecule has 0 spiro atoms. The van der Waals surface area contributed by atoms with Gasteiger partial charge < -0.3 is 14.8 Å². The highest BCUT2D eigenvalue weighted by Gasteiger charge is 2.40. The molecule has 0 saturated heterocycles. The van der Waals surface area contributed by atoms with Crippen molar-refractivity contribution in [3.63, 3.8) is 0 Å². The molecule has 5 rings (SSSR count). The second-order valence-electron chi connectivity index (χ2n) is 8.29. The summed E-state index contributed by atoms with van der Waals surface area (Å²) in [4.78, 5) is 28.3. The van der Waals surface area contributed by atoms with Gasteiger partial charge in [-0.3, -0.25) is 9.59 Å². The number of amides is 2. The van der Waals surface area contributed by atoms with E-state index in [0.29, 0.717) is 53.1 Å². The van der Waals surface area contributed by atoms with Gasteiger partial charge in [0.05, 0.1) is 11.3 Å².